The molecule has 0 heterocycles. The summed E-state index contributed by atoms with van der Waals surface area (Å²) >= 11 is 3.39. The van der Waals surface area contributed by atoms with E-state index in [0.29, 0.717) is 13.0 Å². The Balaban J connectivity index is 2.11. The molecule has 0 aromatic heterocycles. The van der Waals surface area contributed by atoms with Crippen LogP contribution in [0.2, 0.25) is 0 Å². The highest BCUT2D eigenvalue weighted by Crippen LogP contribution is 2.20. The number of hydrogen-bond acceptors (Lipinski definition) is 1. The van der Waals surface area contributed by atoms with E-state index in [1.165, 1.54) is 17.2 Å². The third-order valence-corrected chi connectivity index (χ3v) is 3.95. The Morgan fingerprint density at radius 1 is 1.15 bits per heavy atom. The van der Waals surface area contributed by atoms with E-state index in [1.54, 1.807) is 6.07 Å². The van der Waals surface area contributed by atoms with Crippen molar-refractivity contribution in [2.75, 3.05) is 6.54 Å². The topological polar surface area (TPSA) is 26.0 Å². The minimum absolute atomic E-state index is 0.157. The summed E-state index contributed by atoms with van der Waals surface area (Å²) in [7, 11) is 0. The monoisotopic (exact) mass is 335 g/mol. The van der Waals surface area contributed by atoms with Crippen LogP contribution >= 0.6 is 15.9 Å². The van der Waals surface area contributed by atoms with E-state index in [1.807, 2.05) is 6.07 Å². The van der Waals surface area contributed by atoms with Crippen LogP contribution in [-0.4, -0.2) is 6.54 Å². The number of hydrogen-bond donors (Lipinski definition) is 1. The van der Waals surface area contributed by atoms with Crippen LogP contribution in [-0.2, 0) is 12.8 Å². The van der Waals surface area contributed by atoms with Gasteiger partial charge in [0, 0.05) is 4.47 Å². The van der Waals surface area contributed by atoms with Gasteiger partial charge < -0.3 is 5.73 Å². The van der Waals surface area contributed by atoms with Gasteiger partial charge in [0.25, 0.3) is 0 Å². The molecule has 0 bridgehead atoms. The average molecular weight is 336 g/mol. The Morgan fingerprint density at radius 2 is 1.95 bits per heavy atom. The molecule has 0 radical (unpaired) electrons. The zero-order valence-electron chi connectivity index (χ0n) is 11.6. The van der Waals surface area contributed by atoms with Crippen molar-refractivity contribution in [3.63, 3.8) is 0 Å². The van der Waals surface area contributed by atoms with Crippen LogP contribution < -0.4 is 5.73 Å². The number of nitrogens with two attached hydrogens (primary N) is 1. The lowest BCUT2D eigenvalue weighted by atomic mass is 9.92. The summed E-state index contributed by atoms with van der Waals surface area (Å²) in [6, 6.07) is 13.5. The molecule has 1 atom stereocenters. The SMILES string of the molecule is Cc1cccc(CC(CN)Cc2cc(Br)ccc2F)c1. The molecule has 0 saturated heterocycles. The molecular weight excluding hydrogens is 317 g/mol. The highest BCUT2D eigenvalue weighted by Gasteiger charge is 2.12. The lowest BCUT2D eigenvalue weighted by Crippen LogP contribution is -2.20. The van der Waals surface area contributed by atoms with Gasteiger partial charge in [-0.1, -0.05) is 45.8 Å². The highest BCUT2D eigenvalue weighted by molar-refractivity contribution is 9.10. The predicted molar refractivity (Wildman–Crippen MR) is 85.2 cm³/mol. The fraction of sp³-hybridized carbons (Fsp3) is 0.294. The van der Waals surface area contributed by atoms with Crippen molar-refractivity contribution in [2.45, 2.75) is 19.8 Å². The Bertz CT molecular complexity index is 583. The molecule has 0 fully saturated rings. The summed E-state index contributed by atoms with van der Waals surface area (Å²) in [5.74, 6) is 0.0940. The van der Waals surface area contributed by atoms with Crippen molar-refractivity contribution in [2.24, 2.45) is 11.7 Å². The first-order chi connectivity index (χ1) is 9.58. The maximum atomic E-state index is 13.8. The molecule has 2 aromatic rings. The van der Waals surface area contributed by atoms with E-state index in [4.69, 9.17) is 5.73 Å². The van der Waals surface area contributed by atoms with Crippen LogP contribution in [0.4, 0.5) is 4.39 Å². The van der Waals surface area contributed by atoms with Gasteiger partial charge in [-0.2, -0.15) is 0 Å². The van der Waals surface area contributed by atoms with Gasteiger partial charge >= 0.3 is 0 Å². The molecule has 2 rings (SSSR count). The van der Waals surface area contributed by atoms with E-state index in [0.717, 1.165) is 16.5 Å². The van der Waals surface area contributed by atoms with Crippen LogP contribution in [0.1, 0.15) is 16.7 Å². The van der Waals surface area contributed by atoms with E-state index < -0.39 is 0 Å². The first-order valence-corrected chi connectivity index (χ1v) is 7.57. The van der Waals surface area contributed by atoms with Gasteiger partial charge in [-0.15, -0.1) is 0 Å². The van der Waals surface area contributed by atoms with E-state index >= 15 is 0 Å². The summed E-state index contributed by atoms with van der Waals surface area (Å²) in [6.45, 7) is 2.63. The fourth-order valence-corrected chi connectivity index (χ4v) is 2.83. The molecule has 20 heavy (non-hydrogen) atoms. The van der Waals surface area contributed by atoms with Gasteiger partial charge in [-0.3, -0.25) is 0 Å². The Kier molecular flexibility index (Phi) is 5.32. The normalized spacial score (nSPS) is 12.4. The lowest BCUT2D eigenvalue weighted by molar-refractivity contribution is 0.511. The van der Waals surface area contributed by atoms with Crippen LogP contribution in [0.3, 0.4) is 0 Å². The highest BCUT2D eigenvalue weighted by atomic mass is 79.9. The first-order valence-electron chi connectivity index (χ1n) is 6.78. The van der Waals surface area contributed by atoms with Crippen molar-refractivity contribution in [3.8, 4) is 0 Å². The zero-order chi connectivity index (χ0) is 14.5. The van der Waals surface area contributed by atoms with E-state index in [2.05, 4.69) is 47.1 Å². The van der Waals surface area contributed by atoms with Gasteiger partial charge in [0.15, 0.2) is 0 Å². The molecule has 1 nitrogen and oxygen atoms in total. The van der Waals surface area contributed by atoms with Crippen molar-refractivity contribution < 1.29 is 4.39 Å². The van der Waals surface area contributed by atoms with Crippen LogP contribution in [0.15, 0.2) is 46.9 Å². The van der Waals surface area contributed by atoms with Crippen molar-refractivity contribution in [1.82, 2.24) is 0 Å². The molecule has 0 amide bonds. The van der Waals surface area contributed by atoms with Gasteiger partial charge in [0.2, 0.25) is 0 Å². The third kappa shape index (κ3) is 4.15. The maximum absolute atomic E-state index is 13.8. The van der Waals surface area contributed by atoms with E-state index in [9.17, 15) is 4.39 Å². The molecule has 2 aromatic carbocycles. The Morgan fingerprint density at radius 3 is 2.65 bits per heavy atom. The Hall–Kier alpha value is -1.19. The van der Waals surface area contributed by atoms with Crippen molar-refractivity contribution in [1.29, 1.82) is 0 Å². The van der Waals surface area contributed by atoms with Gasteiger partial charge in [-0.05, 0) is 61.6 Å². The molecule has 0 aliphatic rings. The molecule has 106 valence electrons. The van der Waals surface area contributed by atoms with Gasteiger partial charge in [-0.25, -0.2) is 4.39 Å². The minimum Gasteiger partial charge on any atom is -0.330 e. The number of rotatable bonds is 5. The summed E-state index contributed by atoms with van der Waals surface area (Å²) in [5.41, 5.74) is 9.09. The first kappa shape index (κ1) is 15.2. The molecule has 0 spiro atoms. The van der Waals surface area contributed by atoms with Gasteiger partial charge in [0.05, 0.1) is 0 Å². The lowest BCUT2D eigenvalue weighted by Gasteiger charge is -2.16. The predicted octanol–water partition coefficient (Wildman–Crippen LogP) is 4.26. The number of aryl methyl sites for hydroxylation is 1. The standard InChI is InChI=1S/C17H19BrFN/c1-12-3-2-4-13(7-12)8-14(11-20)9-15-10-16(18)5-6-17(15)19/h2-7,10,14H,8-9,11,20H2,1H3. The summed E-state index contributed by atoms with van der Waals surface area (Å²) in [5, 5.41) is 0. The smallest absolute Gasteiger partial charge is 0.126 e. The molecule has 2 N–H and O–H groups in total. The van der Waals surface area contributed by atoms with Crippen LogP contribution in [0, 0.1) is 18.7 Å². The second-order valence-electron chi connectivity index (χ2n) is 5.23. The van der Waals surface area contributed by atoms with Crippen molar-refractivity contribution >= 4 is 15.9 Å². The summed E-state index contributed by atoms with van der Waals surface area (Å²) in [4.78, 5) is 0. The second-order valence-corrected chi connectivity index (χ2v) is 6.15. The van der Waals surface area contributed by atoms with Crippen LogP contribution in [0.5, 0.6) is 0 Å². The third-order valence-electron chi connectivity index (χ3n) is 3.46. The Labute approximate surface area is 128 Å². The summed E-state index contributed by atoms with van der Waals surface area (Å²) in [6.07, 6.45) is 1.54. The maximum Gasteiger partial charge on any atom is 0.126 e. The van der Waals surface area contributed by atoms with Gasteiger partial charge in [0.1, 0.15) is 5.82 Å². The van der Waals surface area contributed by atoms with Crippen molar-refractivity contribution in [3.05, 3.63) is 69.4 Å². The average Bonchev–Trinajstić information content (AvgIpc) is 2.42. The molecule has 0 aliphatic heterocycles. The molecule has 0 aliphatic carbocycles. The largest absolute Gasteiger partial charge is 0.330 e. The molecule has 3 heteroatoms. The molecule has 1 unspecified atom stereocenters. The fourth-order valence-electron chi connectivity index (χ4n) is 2.42. The second kappa shape index (κ2) is 7.00. The summed E-state index contributed by atoms with van der Waals surface area (Å²) < 4.78 is 14.7. The quantitative estimate of drug-likeness (QED) is 0.868. The molecule has 0 saturated carbocycles. The van der Waals surface area contributed by atoms with Crippen LogP contribution in [0.25, 0.3) is 0 Å². The number of benzene rings is 2. The van der Waals surface area contributed by atoms with E-state index in [-0.39, 0.29) is 11.7 Å². The minimum atomic E-state index is -0.157. The molecular formula is C17H19BrFN. The zero-order valence-corrected chi connectivity index (χ0v) is 13.2. The number of halogens is 2.